The average Bonchev–Trinajstić information content (AvgIpc) is 0.694. The van der Waals surface area contributed by atoms with Crippen molar-refractivity contribution in [1.82, 2.24) is 0 Å². The van der Waals surface area contributed by atoms with Crippen LogP contribution in [0, 0.1) is 11.6 Å². The van der Waals surface area contributed by atoms with Gasteiger partial charge in [-0.05, 0) is 150 Å². The number of anilines is 15. The van der Waals surface area contributed by atoms with Crippen LogP contribution in [0.25, 0.3) is 100 Å². The minimum atomic E-state index is -0.722. The molecule has 0 fully saturated rings. The molecular weight excluding hydrogens is 1680 g/mol. The first-order valence-electron chi connectivity index (χ1n) is 46.4. The molecule has 638 valence electrons. The molecule has 0 bridgehead atoms. The van der Waals surface area contributed by atoms with Crippen LogP contribution in [0.3, 0.4) is 0 Å². The van der Waals surface area contributed by atoms with Crippen molar-refractivity contribution in [3.8, 4) is 100 Å². The lowest BCUT2D eigenvalue weighted by Crippen LogP contribution is -2.64. The van der Waals surface area contributed by atoms with Gasteiger partial charge in [0, 0.05) is 117 Å². The minimum absolute atomic E-state index is 0.202. The van der Waals surface area contributed by atoms with Crippen LogP contribution in [-0.2, 0) is 0 Å². The highest BCUT2D eigenvalue weighted by atomic mass is 32.2. The molecule has 10 heteroatoms. The van der Waals surface area contributed by atoms with Crippen LogP contribution in [0.1, 0.15) is 0 Å². The highest BCUT2D eigenvalue weighted by Crippen LogP contribution is 2.59. The molecule has 0 aromatic heterocycles. The van der Waals surface area contributed by atoms with E-state index in [4.69, 9.17) is 0 Å². The van der Waals surface area contributed by atoms with E-state index < -0.39 is 25.1 Å². The normalized spacial score (nSPS) is 12.4. The number of hydrogen-bond acceptors (Lipinski definition) is 6. The first-order chi connectivity index (χ1) is 67.4. The summed E-state index contributed by atoms with van der Waals surface area (Å²) in [7, 11) is 0. The third-order valence-corrected chi connectivity index (χ3v) is 28.5. The smallest absolute Gasteiger partial charge is 0.252 e. The molecule has 4 heterocycles. The third-order valence-electron chi connectivity index (χ3n) is 27.3. The molecule has 0 aliphatic carbocycles. The number of hydrogen-bond donors (Lipinski definition) is 0. The summed E-state index contributed by atoms with van der Waals surface area (Å²) in [6.07, 6.45) is 0. The standard InChI is InChI=1S/C126H83B2F2N5S/c129-93-76-106(92-58-28-9-29-59-92)126(111(130)77-93)135-114-83-118-110(128-108-73-35-37-75-113(108)134(125-104(90-54-24-7-25-55-90)70-41-71-105(125)91-56-26-8-27-57-91)117-80-97(81-119(136-118)121(117)128)132(95-62-32-11-33-63-95)123-100(86-46-16-3-17-47-86)66-39-67-101(123)87-48-18-4-19-49-87)82-109(114)127-107-72-34-36-74-112(107)133(124-102(88-50-20-5-21-51-88)68-40-69-103(124)89-52-22-6-23-53-89)115-78-96(79-116(135)120(115)127)131(94-60-30-10-31-61-94)122-98(84-42-12-1-13-43-84)64-38-65-99(122)85-44-14-2-15-45-85/h1-83H. The number of rotatable bonds is 18. The maximum absolute atomic E-state index is 19.9. The molecule has 0 amide bonds. The van der Waals surface area contributed by atoms with Gasteiger partial charge in [0.15, 0.2) is 5.82 Å². The van der Waals surface area contributed by atoms with Crippen LogP contribution in [0.15, 0.2) is 513 Å². The molecule has 0 saturated carbocycles. The summed E-state index contributed by atoms with van der Waals surface area (Å²) in [6.45, 7) is -0.961. The Bertz CT molecular complexity index is 7930. The van der Waals surface area contributed by atoms with Gasteiger partial charge in [0.1, 0.15) is 5.82 Å². The molecular formula is C126H83B2F2N5S. The second kappa shape index (κ2) is 34.3. The molecule has 0 atom stereocenters. The molecule has 0 unspecified atom stereocenters. The highest BCUT2D eigenvalue weighted by Gasteiger charge is 2.50. The van der Waals surface area contributed by atoms with Crippen molar-refractivity contribution >= 4 is 143 Å². The van der Waals surface area contributed by atoms with E-state index in [0.29, 0.717) is 16.8 Å². The summed E-state index contributed by atoms with van der Waals surface area (Å²) >= 11 is 1.76. The van der Waals surface area contributed by atoms with Crippen LogP contribution < -0.4 is 57.3 Å². The molecule has 0 radical (unpaired) electrons. The van der Waals surface area contributed by atoms with Gasteiger partial charge in [0.2, 0.25) is 6.71 Å². The lowest BCUT2D eigenvalue weighted by Gasteiger charge is -2.47. The molecule has 5 nitrogen and oxygen atoms in total. The molecule has 25 rings (SSSR count). The van der Waals surface area contributed by atoms with Crippen molar-refractivity contribution in [2.24, 2.45) is 0 Å². The van der Waals surface area contributed by atoms with Crippen LogP contribution >= 0.6 is 11.8 Å². The summed E-state index contributed by atoms with van der Waals surface area (Å²) in [5.41, 5.74) is 37.2. The molecule has 0 N–H and O–H groups in total. The van der Waals surface area contributed by atoms with Gasteiger partial charge >= 0.3 is 0 Å². The fourth-order valence-electron chi connectivity index (χ4n) is 21.6. The number of benzene rings is 21. The average molecular weight is 1760 g/mol. The van der Waals surface area contributed by atoms with Crippen molar-refractivity contribution in [3.63, 3.8) is 0 Å². The van der Waals surface area contributed by atoms with Gasteiger partial charge in [-0.15, -0.1) is 0 Å². The topological polar surface area (TPSA) is 16.2 Å². The number of nitrogens with zero attached hydrogens (tertiary/aromatic N) is 5. The van der Waals surface area contributed by atoms with Crippen molar-refractivity contribution < 1.29 is 8.78 Å². The summed E-state index contributed by atoms with van der Waals surface area (Å²) in [6, 6.07) is 180. The second-order valence-corrected chi connectivity index (χ2v) is 36.1. The number of para-hydroxylation sites is 8. The van der Waals surface area contributed by atoms with Gasteiger partial charge in [0.25, 0.3) is 6.71 Å². The Hall–Kier alpha value is -17.0. The fourth-order valence-corrected chi connectivity index (χ4v) is 22.8. The van der Waals surface area contributed by atoms with Crippen molar-refractivity contribution in [2.45, 2.75) is 9.79 Å². The molecule has 21 aromatic carbocycles. The van der Waals surface area contributed by atoms with E-state index in [2.05, 4.69) is 486 Å². The quantitative estimate of drug-likeness (QED) is 0.0790. The Balaban J connectivity index is 0.825. The summed E-state index contributed by atoms with van der Waals surface area (Å²) in [5, 5.41) is 0. The zero-order valence-electron chi connectivity index (χ0n) is 74.0. The predicted octanol–water partition coefficient (Wildman–Crippen LogP) is 30.8. The summed E-state index contributed by atoms with van der Waals surface area (Å²) in [5.74, 6) is -1.41. The largest absolute Gasteiger partial charge is 0.310 e. The van der Waals surface area contributed by atoms with E-state index in [1.165, 1.54) is 6.07 Å². The first kappa shape index (κ1) is 81.0. The summed E-state index contributed by atoms with van der Waals surface area (Å²) in [4.78, 5) is 14.3. The predicted molar refractivity (Wildman–Crippen MR) is 569 cm³/mol. The van der Waals surface area contributed by atoms with Crippen LogP contribution in [0.5, 0.6) is 0 Å². The highest BCUT2D eigenvalue weighted by molar-refractivity contribution is 8.00. The summed E-state index contributed by atoms with van der Waals surface area (Å²) < 4.78 is 37.4. The second-order valence-electron chi connectivity index (χ2n) is 35.0. The minimum Gasteiger partial charge on any atom is -0.310 e. The fraction of sp³-hybridized carbons (Fsp3) is 0. The Morgan fingerprint density at radius 2 is 0.478 bits per heavy atom. The van der Waals surface area contributed by atoms with Crippen LogP contribution in [0.2, 0.25) is 0 Å². The van der Waals surface area contributed by atoms with Gasteiger partial charge in [-0.1, -0.05) is 442 Å². The Kier molecular flexibility index (Phi) is 20.4. The maximum Gasteiger partial charge on any atom is 0.252 e. The Labute approximate surface area is 795 Å². The van der Waals surface area contributed by atoms with Crippen molar-refractivity contribution in [3.05, 3.63) is 515 Å². The van der Waals surface area contributed by atoms with Crippen LogP contribution in [0.4, 0.5) is 94.1 Å². The lowest BCUT2D eigenvalue weighted by atomic mass is 9.31. The SMILES string of the molecule is Fc1cc(F)c(N2c3cc4c(cc3B3c5ccccc5N(c5c(-c6ccccc6)cccc5-c5ccccc5)c5cc(N(c6ccccc6)c6c(-c7ccccc7)cccc6-c6ccccc6)cc2c53)B2c3ccccc3N(c3c(-c5ccccc5)cccc3-c3ccccc3)c3cc(N(c5ccccc5)c5c(-c6ccccc6)cccc5-c5ccccc5)cc(c32)S4)c(-c2ccccc2)c1. The monoisotopic (exact) mass is 1760 g/mol. The maximum atomic E-state index is 19.9. The van der Waals surface area contributed by atoms with Gasteiger partial charge in [-0.3, -0.25) is 0 Å². The van der Waals surface area contributed by atoms with Gasteiger partial charge in [0.05, 0.1) is 34.1 Å². The van der Waals surface area contributed by atoms with Gasteiger partial charge < -0.3 is 24.5 Å². The van der Waals surface area contributed by atoms with E-state index in [1.807, 2.05) is 30.3 Å². The molecule has 0 spiro atoms. The Morgan fingerprint density at radius 3 is 0.838 bits per heavy atom. The van der Waals surface area contributed by atoms with E-state index in [1.54, 1.807) is 11.8 Å². The number of halogens is 2. The molecule has 136 heavy (non-hydrogen) atoms. The van der Waals surface area contributed by atoms with Gasteiger partial charge in [-0.25, -0.2) is 8.78 Å². The van der Waals surface area contributed by atoms with E-state index in [0.717, 1.165) is 212 Å². The van der Waals surface area contributed by atoms with E-state index >= 15 is 8.78 Å². The zero-order chi connectivity index (χ0) is 90.3. The molecule has 0 saturated heterocycles. The van der Waals surface area contributed by atoms with E-state index in [9.17, 15) is 0 Å². The van der Waals surface area contributed by atoms with Crippen molar-refractivity contribution in [2.75, 3.05) is 24.5 Å². The third kappa shape index (κ3) is 13.9. The number of fused-ring (bicyclic) bond motifs is 8. The van der Waals surface area contributed by atoms with Crippen LogP contribution in [-0.4, -0.2) is 13.4 Å². The molecule has 4 aliphatic heterocycles. The lowest BCUT2D eigenvalue weighted by molar-refractivity contribution is 0.585. The zero-order valence-corrected chi connectivity index (χ0v) is 74.8. The van der Waals surface area contributed by atoms with E-state index in [-0.39, 0.29) is 5.69 Å². The Morgan fingerprint density at radius 1 is 0.191 bits per heavy atom. The van der Waals surface area contributed by atoms with Crippen molar-refractivity contribution in [1.29, 1.82) is 0 Å². The molecule has 4 aliphatic rings. The molecule has 21 aromatic rings. The first-order valence-corrected chi connectivity index (χ1v) is 47.2. The van der Waals surface area contributed by atoms with Gasteiger partial charge in [-0.2, -0.15) is 0 Å².